The maximum absolute atomic E-state index is 13.5. The molecule has 5 nitrogen and oxygen atoms in total. The number of piperidine rings is 1. The molecule has 6 heteroatoms. The smallest absolute Gasteiger partial charge is 0.229 e. The molecule has 2 heterocycles. The highest BCUT2D eigenvalue weighted by atomic mass is 79.9. The number of nitrogens with zero attached hydrogens (tertiary/aromatic N) is 3. The average Bonchev–Trinajstić information content (AvgIpc) is 3.26. The summed E-state index contributed by atoms with van der Waals surface area (Å²) in [6, 6.07) is 28.6. The van der Waals surface area contributed by atoms with Crippen LogP contribution in [0, 0.1) is 5.41 Å². The fourth-order valence-corrected chi connectivity index (χ4v) is 6.42. The van der Waals surface area contributed by atoms with Crippen LogP contribution in [0.25, 0.3) is 0 Å². The molecule has 2 amide bonds. The van der Waals surface area contributed by atoms with Crippen molar-refractivity contribution in [1.29, 1.82) is 0 Å². The summed E-state index contributed by atoms with van der Waals surface area (Å²) in [6.45, 7) is 4.32. The number of halogens is 1. The van der Waals surface area contributed by atoms with Crippen molar-refractivity contribution in [2.45, 2.75) is 44.7 Å². The number of likely N-dealkylation sites (N-methyl/N-ethyl adjacent to an activating group) is 1. The lowest BCUT2D eigenvalue weighted by Gasteiger charge is -2.39. The number of hydrogen-bond acceptors (Lipinski definition) is 3. The van der Waals surface area contributed by atoms with E-state index < -0.39 is 0 Å². The molecule has 0 N–H and O–H groups in total. The molecule has 2 aliphatic heterocycles. The van der Waals surface area contributed by atoms with Crippen molar-refractivity contribution in [2.75, 3.05) is 33.2 Å². The van der Waals surface area contributed by atoms with Gasteiger partial charge in [0.15, 0.2) is 0 Å². The van der Waals surface area contributed by atoms with Crippen LogP contribution in [0.3, 0.4) is 0 Å². The lowest BCUT2D eigenvalue weighted by atomic mass is 9.77. The van der Waals surface area contributed by atoms with E-state index in [0.29, 0.717) is 18.9 Å². The highest BCUT2D eigenvalue weighted by molar-refractivity contribution is 9.10. The fourth-order valence-electron chi connectivity index (χ4n) is 6.16. The lowest BCUT2D eigenvalue weighted by Crippen LogP contribution is -2.45. The van der Waals surface area contributed by atoms with E-state index in [1.165, 1.54) is 11.1 Å². The van der Waals surface area contributed by atoms with Crippen LogP contribution in [0.1, 0.15) is 48.4 Å². The van der Waals surface area contributed by atoms with Crippen LogP contribution >= 0.6 is 15.9 Å². The summed E-state index contributed by atoms with van der Waals surface area (Å²) in [5, 5.41) is 0. The van der Waals surface area contributed by atoms with Crippen LogP contribution < -0.4 is 0 Å². The summed E-state index contributed by atoms with van der Waals surface area (Å²) in [7, 11) is 1.94. The predicted octanol–water partition coefficient (Wildman–Crippen LogP) is 6.10. The summed E-state index contributed by atoms with van der Waals surface area (Å²) in [4.78, 5) is 33.2. The maximum atomic E-state index is 13.5. The summed E-state index contributed by atoms with van der Waals surface area (Å²) < 4.78 is 1.06. The van der Waals surface area contributed by atoms with Gasteiger partial charge in [0.25, 0.3) is 0 Å². The quantitative estimate of drug-likeness (QED) is 0.304. The summed E-state index contributed by atoms with van der Waals surface area (Å²) in [5.74, 6) is 0.466. The second-order valence-electron chi connectivity index (χ2n) is 11.1. The Morgan fingerprint density at radius 3 is 2.15 bits per heavy atom. The Labute approximate surface area is 240 Å². The molecule has 0 radical (unpaired) electrons. The van der Waals surface area contributed by atoms with Gasteiger partial charge in [-0.25, -0.2) is 0 Å². The highest BCUT2D eigenvalue weighted by Crippen LogP contribution is 2.42. The van der Waals surface area contributed by atoms with Gasteiger partial charge in [0, 0.05) is 31.2 Å². The van der Waals surface area contributed by atoms with Crippen molar-refractivity contribution in [2.24, 2.45) is 5.41 Å². The molecule has 0 aliphatic carbocycles. The molecule has 39 heavy (non-hydrogen) atoms. The van der Waals surface area contributed by atoms with Gasteiger partial charge in [-0.3, -0.25) is 9.59 Å². The van der Waals surface area contributed by atoms with Gasteiger partial charge in [-0.2, -0.15) is 0 Å². The van der Waals surface area contributed by atoms with E-state index >= 15 is 0 Å². The topological polar surface area (TPSA) is 43.9 Å². The third kappa shape index (κ3) is 6.62. The molecule has 0 saturated carbocycles. The number of likely N-dealkylation sites (tertiary alicyclic amines) is 2. The van der Waals surface area contributed by atoms with Crippen LogP contribution in [0.2, 0.25) is 0 Å². The molecule has 5 rings (SSSR count). The fraction of sp³-hybridized carbons (Fsp3) is 0.394. The van der Waals surface area contributed by atoms with Crippen molar-refractivity contribution in [3.05, 3.63) is 106 Å². The van der Waals surface area contributed by atoms with E-state index in [-0.39, 0.29) is 17.4 Å². The minimum Gasteiger partial charge on any atom is -0.338 e. The summed E-state index contributed by atoms with van der Waals surface area (Å²) in [5.41, 5.74) is 3.19. The summed E-state index contributed by atoms with van der Waals surface area (Å²) >= 11 is 3.49. The third-order valence-electron chi connectivity index (χ3n) is 8.66. The molecule has 2 aliphatic rings. The SMILES string of the molecule is CN(C(=O)Cc1ccccc1)C(CCN1CCC2(CC1)CCN(Cc1ccc(Br)cc1)C2=O)c1ccccc1. The van der Waals surface area contributed by atoms with E-state index in [9.17, 15) is 9.59 Å². The molecular weight excluding hydrogens is 550 g/mol. The number of carbonyl (C=O) groups is 2. The van der Waals surface area contributed by atoms with Crippen molar-refractivity contribution in [1.82, 2.24) is 14.7 Å². The van der Waals surface area contributed by atoms with Gasteiger partial charge < -0.3 is 14.7 Å². The Balaban J connectivity index is 1.17. The van der Waals surface area contributed by atoms with Crippen LogP contribution in [0.4, 0.5) is 0 Å². The number of carbonyl (C=O) groups excluding carboxylic acids is 2. The van der Waals surface area contributed by atoms with Crippen molar-refractivity contribution in [3.8, 4) is 0 Å². The Bertz CT molecular complexity index is 1240. The molecule has 3 aromatic carbocycles. The Hall–Kier alpha value is -2.96. The maximum Gasteiger partial charge on any atom is 0.229 e. The zero-order chi connectivity index (χ0) is 27.2. The van der Waals surface area contributed by atoms with Crippen molar-refractivity contribution >= 4 is 27.7 Å². The van der Waals surface area contributed by atoms with Crippen LogP contribution in [-0.2, 0) is 22.6 Å². The number of amides is 2. The minimum absolute atomic E-state index is 0.0211. The zero-order valence-corrected chi connectivity index (χ0v) is 24.4. The molecule has 1 atom stereocenters. The molecular formula is C33H38BrN3O2. The van der Waals surface area contributed by atoms with Gasteiger partial charge in [0.1, 0.15) is 0 Å². The number of hydrogen-bond donors (Lipinski definition) is 0. The Morgan fingerprint density at radius 2 is 1.49 bits per heavy atom. The monoisotopic (exact) mass is 587 g/mol. The van der Waals surface area contributed by atoms with E-state index in [1.54, 1.807) is 0 Å². The van der Waals surface area contributed by atoms with Crippen LogP contribution in [-0.4, -0.2) is 59.7 Å². The van der Waals surface area contributed by atoms with E-state index in [4.69, 9.17) is 0 Å². The summed E-state index contributed by atoms with van der Waals surface area (Å²) in [6.07, 6.45) is 4.08. The largest absolute Gasteiger partial charge is 0.338 e. The van der Waals surface area contributed by atoms with Crippen LogP contribution in [0.15, 0.2) is 89.4 Å². The van der Waals surface area contributed by atoms with E-state index in [0.717, 1.165) is 61.9 Å². The van der Waals surface area contributed by atoms with Gasteiger partial charge in [0.2, 0.25) is 11.8 Å². The normalized spacial score (nSPS) is 17.9. The van der Waals surface area contributed by atoms with Gasteiger partial charge in [-0.05, 0) is 67.6 Å². The Kier molecular flexibility index (Phi) is 8.83. The van der Waals surface area contributed by atoms with Crippen molar-refractivity contribution < 1.29 is 9.59 Å². The van der Waals surface area contributed by atoms with Gasteiger partial charge in [-0.15, -0.1) is 0 Å². The molecule has 0 bridgehead atoms. The van der Waals surface area contributed by atoms with Gasteiger partial charge >= 0.3 is 0 Å². The number of benzene rings is 3. The highest BCUT2D eigenvalue weighted by Gasteiger charge is 2.47. The molecule has 1 spiro atoms. The van der Waals surface area contributed by atoms with Crippen molar-refractivity contribution in [3.63, 3.8) is 0 Å². The number of rotatable bonds is 9. The first kappa shape index (κ1) is 27.6. The molecule has 2 saturated heterocycles. The molecule has 0 aromatic heterocycles. The second-order valence-corrected chi connectivity index (χ2v) is 12.0. The van der Waals surface area contributed by atoms with Gasteiger partial charge in [0.05, 0.1) is 17.9 Å². The predicted molar refractivity (Wildman–Crippen MR) is 159 cm³/mol. The molecule has 204 valence electrons. The molecule has 3 aromatic rings. The second kappa shape index (κ2) is 12.5. The van der Waals surface area contributed by atoms with Crippen LogP contribution in [0.5, 0.6) is 0 Å². The first-order valence-corrected chi connectivity index (χ1v) is 14.8. The first-order valence-electron chi connectivity index (χ1n) is 14.0. The first-order chi connectivity index (χ1) is 18.9. The van der Waals surface area contributed by atoms with E-state index in [1.807, 2.05) is 72.6 Å². The van der Waals surface area contributed by atoms with E-state index in [2.05, 4.69) is 50.0 Å². The standard InChI is InChI=1S/C33H38BrN3O2/c1-35(31(38)24-26-8-4-2-5-9-26)30(28-10-6-3-7-11-28)16-20-36-21-17-33(18-22-36)19-23-37(32(33)39)25-27-12-14-29(34)15-13-27/h2-15,30H,16-25H2,1H3. The Morgan fingerprint density at radius 1 is 0.872 bits per heavy atom. The minimum atomic E-state index is -0.201. The molecule has 2 fully saturated rings. The molecule has 1 unspecified atom stereocenters. The average molecular weight is 589 g/mol. The third-order valence-corrected chi connectivity index (χ3v) is 9.19. The zero-order valence-electron chi connectivity index (χ0n) is 22.8. The van der Waals surface area contributed by atoms with Gasteiger partial charge in [-0.1, -0.05) is 88.7 Å². The lowest BCUT2D eigenvalue weighted by molar-refractivity contribution is -0.139.